The molecule has 1 N–H and O–H groups in total. The fourth-order valence-corrected chi connectivity index (χ4v) is 2.51. The number of rotatable bonds is 4. The van der Waals surface area contributed by atoms with Crippen molar-refractivity contribution in [3.63, 3.8) is 0 Å². The maximum atomic E-state index is 11.9. The highest BCUT2D eigenvalue weighted by Gasteiger charge is 2.08. The summed E-state index contributed by atoms with van der Waals surface area (Å²) >= 11 is 1.64. The van der Waals surface area contributed by atoms with Crippen molar-refractivity contribution in [2.24, 2.45) is 0 Å². The average Bonchev–Trinajstić information content (AvgIpc) is 3.07. The second kappa shape index (κ2) is 5.19. The van der Waals surface area contributed by atoms with Crippen molar-refractivity contribution in [2.45, 2.75) is 12.8 Å². The largest absolute Gasteiger partial charge is 0.294 e. The minimum atomic E-state index is -0.0515. The summed E-state index contributed by atoms with van der Waals surface area (Å²) in [5.41, 5.74) is 1.90. The van der Waals surface area contributed by atoms with Crippen LogP contribution in [0.4, 0.5) is 5.95 Å². The van der Waals surface area contributed by atoms with E-state index in [9.17, 15) is 4.79 Å². The molecule has 0 saturated heterocycles. The number of carbonyl (C=O) groups is 1. The fraction of sp³-hybridized carbons (Fsp3) is 0.154. The minimum absolute atomic E-state index is 0.0515. The van der Waals surface area contributed by atoms with Crippen molar-refractivity contribution < 1.29 is 4.79 Å². The van der Waals surface area contributed by atoms with Gasteiger partial charge in [-0.1, -0.05) is 6.07 Å². The Bertz CT molecular complexity index is 690. The van der Waals surface area contributed by atoms with E-state index in [0.717, 1.165) is 12.1 Å². The maximum Gasteiger partial charge on any atom is 0.235 e. The first-order valence-electron chi connectivity index (χ1n) is 5.93. The van der Waals surface area contributed by atoms with E-state index in [0.29, 0.717) is 12.4 Å². The van der Waals surface area contributed by atoms with Gasteiger partial charge in [0.25, 0.3) is 0 Å². The summed E-state index contributed by atoms with van der Waals surface area (Å²) in [5, 5.41) is 14.8. The molecule has 0 aliphatic carbocycles. The van der Waals surface area contributed by atoms with Crippen molar-refractivity contribution >= 4 is 28.8 Å². The van der Waals surface area contributed by atoms with Gasteiger partial charge >= 0.3 is 0 Å². The number of fused-ring (bicyclic) bond motifs is 1. The molecule has 3 heterocycles. The van der Waals surface area contributed by atoms with Gasteiger partial charge in [0.05, 0.1) is 0 Å². The first kappa shape index (κ1) is 11.9. The zero-order valence-corrected chi connectivity index (χ0v) is 10.9. The van der Waals surface area contributed by atoms with Crippen LogP contribution in [0.1, 0.15) is 12.0 Å². The topological polar surface area (TPSA) is 59.3 Å². The van der Waals surface area contributed by atoms with Crippen LogP contribution in [0.5, 0.6) is 0 Å². The lowest BCUT2D eigenvalue weighted by atomic mass is 10.2. The van der Waals surface area contributed by atoms with Gasteiger partial charge in [-0.2, -0.15) is 11.3 Å². The molecule has 0 saturated carbocycles. The zero-order chi connectivity index (χ0) is 13.1. The van der Waals surface area contributed by atoms with E-state index in [-0.39, 0.29) is 5.91 Å². The molecule has 0 spiro atoms. The summed E-state index contributed by atoms with van der Waals surface area (Å²) in [6, 6.07) is 7.63. The van der Waals surface area contributed by atoms with E-state index in [1.165, 1.54) is 5.56 Å². The third kappa shape index (κ3) is 2.63. The zero-order valence-electron chi connectivity index (χ0n) is 10.1. The molecule has 6 heteroatoms. The Labute approximate surface area is 113 Å². The highest BCUT2D eigenvalue weighted by molar-refractivity contribution is 7.07. The number of nitrogens with one attached hydrogen (secondary N) is 1. The Morgan fingerprint density at radius 3 is 3.11 bits per heavy atom. The number of thiophene rings is 1. The first-order valence-corrected chi connectivity index (χ1v) is 6.88. The maximum absolute atomic E-state index is 11.9. The fourth-order valence-electron chi connectivity index (χ4n) is 1.81. The van der Waals surface area contributed by atoms with Gasteiger partial charge in [0.2, 0.25) is 11.9 Å². The first-order chi connectivity index (χ1) is 9.33. The molecule has 0 radical (unpaired) electrons. The van der Waals surface area contributed by atoms with Crippen molar-refractivity contribution in [3.05, 3.63) is 46.8 Å². The number of aromatic nitrogens is 3. The molecular formula is C13H12N4OS. The molecule has 3 rings (SSSR count). The van der Waals surface area contributed by atoms with Crippen LogP contribution in [0.25, 0.3) is 5.65 Å². The molecule has 1 amide bonds. The molecule has 0 atom stereocenters. The second-order valence-electron chi connectivity index (χ2n) is 4.13. The predicted molar refractivity (Wildman–Crippen MR) is 74.3 cm³/mol. The Morgan fingerprint density at radius 2 is 2.26 bits per heavy atom. The van der Waals surface area contributed by atoms with Crippen LogP contribution < -0.4 is 5.32 Å². The molecule has 0 aliphatic heterocycles. The van der Waals surface area contributed by atoms with E-state index >= 15 is 0 Å². The number of nitrogens with zero attached hydrogens (tertiary/aromatic N) is 3. The summed E-state index contributed by atoms with van der Waals surface area (Å²) in [4.78, 5) is 11.9. The van der Waals surface area contributed by atoms with Gasteiger partial charge in [-0.15, -0.1) is 10.2 Å². The summed E-state index contributed by atoms with van der Waals surface area (Å²) in [7, 11) is 0. The molecule has 3 aromatic heterocycles. The van der Waals surface area contributed by atoms with Gasteiger partial charge < -0.3 is 0 Å². The molecular weight excluding hydrogens is 260 g/mol. The van der Waals surface area contributed by atoms with Crippen LogP contribution in [0.3, 0.4) is 0 Å². The quantitative estimate of drug-likeness (QED) is 0.793. The summed E-state index contributed by atoms with van der Waals surface area (Å²) in [6.45, 7) is 0. The lowest BCUT2D eigenvalue weighted by Gasteiger charge is -2.02. The number of carbonyl (C=O) groups excluding carboxylic acids is 1. The lowest BCUT2D eigenvalue weighted by Crippen LogP contribution is -2.14. The highest BCUT2D eigenvalue weighted by atomic mass is 32.1. The van der Waals surface area contributed by atoms with E-state index in [1.54, 1.807) is 15.7 Å². The van der Waals surface area contributed by atoms with Gasteiger partial charge in [0, 0.05) is 12.6 Å². The summed E-state index contributed by atoms with van der Waals surface area (Å²) < 4.78 is 1.75. The number of hydrogen-bond acceptors (Lipinski definition) is 4. The monoisotopic (exact) mass is 272 g/mol. The van der Waals surface area contributed by atoms with Gasteiger partial charge in [-0.05, 0) is 40.9 Å². The molecule has 0 unspecified atom stereocenters. The summed E-state index contributed by atoms with van der Waals surface area (Å²) in [6.07, 6.45) is 3.01. The lowest BCUT2D eigenvalue weighted by molar-refractivity contribution is -0.116. The minimum Gasteiger partial charge on any atom is -0.294 e. The van der Waals surface area contributed by atoms with Gasteiger partial charge in [0.1, 0.15) is 0 Å². The molecule has 0 aromatic carbocycles. The van der Waals surface area contributed by atoms with Crippen LogP contribution in [0, 0.1) is 0 Å². The van der Waals surface area contributed by atoms with E-state index in [1.807, 2.05) is 35.8 Å². The molecule has 19 heavy (non-hydrogen) atoms. The van der Waals surface area contributed by atoms with Crippen molar-refractivity contribution in [1.29, 1.82) is 0 Å². The Balaban J connectivity index is 1.66. The number of anilines is 1. The third-order valence-corrected chi connectivity index (χ3v) is 3.52. The highest BCUT2D eigenvalue weighted by Crippen LogP contribution is 2.10. The van der Waals surface area contributed by atoms with Crippen LogP contribution in [0.2, 0.25) is 0 Å². The normalized spacial score (nSPS) is 10.7. The number of aryl methyl sites for hydroxylation is 1. The number of hydrogen-bond donors (Lipinski definition) is 1. The summed E-state index contributed by atoms with van der Waals surface area (Å²) in [5.74, 6) is 0.412. The molecule has 0 bridgehead atoms. The number of amides is 1. The molecule has 3 aromatic rings. The van der Waals surface area contributed by atoms with Crippen molar-refractivity contribution in [2.75, 3.05) is 5.32 Å². The van der Waals surface area contributed by atoms with Gasteiger partial charge in [-0.25, -0.2) is 0 Å². The van der Waals surface area contributed by atoms with Gasteiger partial charge in [0.15, 0.2) is 5.65 Å². The SMILES string of the molecule is O=C(CCc1ccsc1)Nc1nnc2ccccn12. The molecule has 96 valence electrons. The van der Waals surface area contributed by atoms with E-state index < -0.39 is 0 Å². The van der Waals surface area contributed by atoms with E-state index in [4.69, 9.17) is 0 Å². The van der Waals surface area contributed by atoms with Crippen molar-refractivity contribution in [3.8, 4) is 0 Å². The molecule has 5 nitrogen and oxygen atoms in total. The van der Waals surface area contributed by atoms with Crippen LogP contribution >= 0.6 is 11.3 Å². The predicted octanol–water partition coefficient (Wildman–Crippen LogP) is 2.36. The standard InChI is InChI=1S/C13H12N4OS/c18-12(5-4-10-6-8-19-9-10)14-13-16-15-11-3-1-2-7-17(11)13/h1-3,6-9H,4-5H2,(H,14,16,18). The van der Waals surface area contributed by atoms with Crippen LogP contribution in [-0.2, 0) is 11.2 Å². The van der Waals surface area contributed by atoms with E-state index in [2.05, 4.69) is 20.9 Å². The Morgan fingerprint density at radius 1 is 1.32 bits per heavy atom. The van der Waals surface area contributed by atoms with Crippen LogP contribution in [0.15, 0.2) is 41.2 Å². The van der Waals surface area contributed by atoms with Crippen LogP contribution in [-0.4, -0.2) is 20.5 Å². The smallest absolute Gasteiger partial charge is 0.235 e. The second-order valence-corrected chi connectivity index (χ2v) is 4.91. The molecule has 0 aliphatic rings. The third-order valence-electron chi connectivity index (χ3n) is 2.79. The number of pyridine rings is 1. The Hall–Kier alpha value is -2.21. The average molecular weight is 272 g/mol. The Kier molecular flexibility index (Phi) is 3.24. The van der Waals surface area contributed by atoms with Gasteiger partial charge in [-0.3, -0.25) is 14.5 Å². The van der Waals surface area contributed by atoms with Crippen molar-refractivity contribution in [1.82, 2.24) is 14.6 Å². The molecule has 0 fully saturated rings.